The molecule has 3 heterocycles. The van der Waals surface area contributed by atoms with Crippen LogP contribution in [0.15, 0.2) is 23.8 Å². The number of ether oxygens (including phenoxy) is 4. The third kappa shape index (κ3) is 13.9. The predicted molar refractivity (Wildman–Crippen MR) is 203 cm³/mol. The van der Waals surface area contributed by atoms with Gasteiger partial charge in [0.25, 0.3) is 0 Å². The van der Waals surface area contributed by atoms with Gasteiger partial charge in [0.2, 0.25) is 5.91 Å². The van der Waals surface area contributed by atoms with Crippen molar-refractivity contribution in [2.75, 3.05) is 33.4 Å². The second-order valence-corrected chi connectivity index (χ2v) is 16.8. The van der Waals surface area contributed by atoms with Gasteiger partial charge < -0.3 is 29.2 Å². The van der Waals surface area contributed by atoms with E-state index in [0.717, 1.165) is 74.8 Å². The number of unbranched alkanes of at least 4 members (excludes halogenated alkanes) is 2. The lowest BCUT2D eigenvalue weighted by molar-refractivity contribution is -0.123. The number of rotatable bonds is 17. The highest BCUT2D eigenvalue weighted by Crippen LogP contribution is 2.47. The van der Waals surface area contributed by atoms with Crippen molar-refractivity contribution in [1.29, 1.82) is 0 Å². The molecule has 9 atom stereocenters. The Kier molecular flexibility index (Phi) is 18.3. The van der Waals surface area contributed by atoms with E-state index < -0.39 is 0 Å². The van der Waals surface area contributed by atoms with Crippen molar-refractivity contribution < 1.29 is 28.5 Å². The summed E-state index contributed by atoms with van der Waals surface area (Å²) in [5, 5.41) is 3.10. The molecule has 0 aromatic rings. The van der Waals surface area contributed by atoms with Crippen LogP contribution in [0.2, 0.25) is 0 Å². The van der Waals surface area contributed by atoms with Gasteiger partial charge in [0, 0.05) is 43.0 Å². The van der Waals surface area contributed by atoms with Crippen molar-refractivity contribution >= 4 is 34.6 Å². The topological polar surface area (TPSA) is 89.6 Å². The summed E-state index contributed by atoms with van der Waals surface area (Å²) in [5.41, 5.74) is 1.15. The number of methoxy groups -OCH3 is 1. The smallest absolute Gasteiger partial charge is 0.409 e. The summed E-state index contributed by atoms with van der Waals surface area (Å²) in [4.78, 5) is 27.0. The van der Waals surface area contributed by atoms with E-state index >= 15 is 0 Å². The average Bonchev–Trinajstić information content (AvgIpc) is 3.70. The molecule has 0 spiro atoms. The Morgan fingerprint density at radius 3 is 2.58 bits per heavy atom. The molecule has 2 amide bonds. The molecule has 9 heteroatoms. The molecule has 1 unspecified atom stereocenters. The fourth-order valence-corrected chi connectivity index (χ4v) is 8.57. The van der Waals surface area contributed by atoms with Gasteiger partial charge >= 0.3 is 6.09 Å². The number of carbonyl (C=O) groups excluding carboxylic acids is 2. The van der Waals surface area contributed by atoms with Crippen molar-refractivity contribution in [1.82, 2.24) is 10.2 Å². The Labute approximate surface area is 306 Å². The van der Waals surface area contributed by atoms with Crippen LogP contribution in [0.5, 0.6) is 0 Å². The number of nitrogens with one attached hydrogen (secondary N) is 1. The van der Waals surface area contributed by atoms with Crippen LogP contribution in [0, 0.1) is 17.8 Å². The Hall–Kier alpha value is -1.17. The SMILES string of the molecule is CC[C@H](OC)[C@@H](C)[C@H]1O[C@]1(C)C[C@H](C)/C=C/C=C(\C)[C@H]1O[C@@H](CNC(=O)CCCCCOC(=O)N2CCCCC(I)CCC2)CC[C@@H]1C. The molecule has 3 rings (SSSR count). The summed E-state index contributed by atoms with van der Waals surface area (Å²) in [7, 11) is 1.80. The van der Waals surface area contributed by atoms with E-state index in [-0.39, 0.29) is 42.0 Å². The zero-order valence-corrected chi connectivity index (χ0v) is 33.3. The number of nitrogens with zero attached hydrogens (tertiary/aromatic N) is 1. The molecule has 3 aliphatic heterocycles. The number of carbonyl (C=O) groups is 2. The summed E-state index contributed by atoms with van der Waals surface area (Å²) < 4.78 is 24.6. The predicted octanol–water partition coefficient (Wildman–Crippen LogP) is 8.80. The fourth-order valence-electron chi connectivity index (χ4n) is 7.69. The molecule has 1 N–H and O–H groups in total. The van der Waals surface area contributed by atoms with Crippen molar-refractivity contribution in [2.24, 2.45) is 17.8 Å². The van der Waals surface area contributed by atoms with Crippen molar-refractivity contribution in [3.8, 4) is 0 Å². The maximum Gasteiger partial charge on any atom is 0.409 e. The second kappa shape index (κ2) is 21.3. The molecule has 3 saturated heterocycles. The van der Waals surface area contributed by atoms with E-state index in [4.69, 9.17) is 18.9 Å². The first-order chi connectivity index (χ1) is 23.0. The molecule has 3 aliphatic rings. The van der Waals surface area contributed by atoms with E-state index in [9.17, 15) is 9.59 Å². The van der Waals surface area contributed by atoms with E-state index in [2.05, 4.69) is 87.7 Å². The lowest BCUT2D eigenvalue weighted by atomic mass is 9.86. The number of allylic oxidation sites excluding steroid dienone is 3. The minimum Gasteiger partial charge on any atom is -0.449 e. The summed E-state index contributed by atoms with van der Waals surface area (Å²) in [5.74, 6) is 1.31. The minimum absolute atomic E-state index is 0.0288. The number of epoxide rings is 1. The zero-order chi connectivity index (χ0) is 35.1. The Morgan fingerprint density at radius 2 is 1.83 bits per heavy atom. The van der Waals surface area contributed by atoms with Gasteiger partial charge in [-0.15, -0.1) is 0 Å². The van der Waals surface area contributed by atoms with E-state index in [1.54, 1.807) is 7.11 Å². The number of halogens is 1. The first kappa shape index (κ1) is 41.3. The van der Waals surface area contributed by atoms with Gasteiger partial charge in [0.15, 0.2) is 0 Å². The van der Waals surface area contributed by atoms with Gasteiger partial charge in [-0.25, -0.2) is 4.79 Å². The molecular formula is C39H67IN2O6. The highest BCUT2D eigenvalue weighted by molar-refractivity contribution is 14.1. The fraction of sp³-hybridized carbons (Fsp3) is 0.846. The molecule has 0 aromatic carbocycles. The highest BCUT2D eigenvalue weighted by atomic mass is 127. The van der Waals surface area contributed by atoms with Gasteiger partial charge in [-0.2, -0.15) is 0 Å². The van der Waals surface area contributed by atoms with Crippen LogP contribution in [-0.4, -0.2) is 84.2 Å². The second-order valence-electron chi connectivity index (χ2n) is 15.1. The minimum atomic E-state index is -0.180. The van der Waals surface area contributed by atoms with Crippen molar-refractivity contribution in [3.05, 3.63) is 23.8 Å². The Balaban J connectivity index is 1.30. The standard InChI is InChI=1S/C39H67IN2O6/c1-8-34(45-7)31(5)37-39(6,48-37)26-28(2)16-14-17-29(3)36-30(4)21-22-33(47-36)27-41-35(43)20-10-9-13-25-46-38(44)42-23-12-11-18-32(40)19-15-24-42/h14,16-17,28,30-34,36-37H,8-13,15,18-27H2,1-7H3,(H,41,43)/b16-14+,29-17+/t28-,30+,31-,32?,33-,34+,36-,37-,39-/m1/s1. The lowest BCUT2D eigenvalue weighted by Gasteiger charge is -2.35. The van der Waals surface area contributed by atoms with Gasteiger partial charge in [0.05, 0.1) is 36.6 Å². The molecule has 0 radical (unpaired) electrons. The normalized spacial score (nSPS) is 30.5. The van der Waals surface area contributed by atoms with Gasteiger partial charge in [-0.1, -0.05) is 74.9 Å². The van der Waals surface area contributed by atoms with E-state index in [0.29, 0.717) is 37.3 Å². The highest BCUT2D eigenvalue weighted by Gasteiger charge is 2.56. The largest absolute Gasteiger partial charge is 0.449 e. The van der Waals surface area contributed by atoms with Gasteiger partial charge in [-0.3, -0.25) is 4.79 Å². The Bertz CT molecular complexity index is 1030. The van der Waals surface area contributed by atoms with E-state index in [1.807, 2.05) is 4.90 Å². The number of hydrogen-bond donors (Lipinski definition) is 1. The van der Waals surface area contributed by atoms with E-state index in [1.165, 1.54) is 24.8 Å². The quantitative estimate of drug-likeness (QED) is 0.0522. The summed E-state index contributed by atoms with van der Waals surface area (Å²) in [6.45, 7) is 15.9. The van der Waals surface area contributed by atoms with Crippen LogP contribution in [0.3, 0.4) is 0 Å². The third-order valence-electron chi connectivity index (χ3n) is 10.7. The first-order valence-electron chi connectivity index (χ1n) is 19.0. The molecule has 0 aliphatic carbocycles. The van der Waals surface area contributed by atoms with Gasteiger partial charge in [-0.05, 0) is 102 Å². The summed E-state index contributed by atoms with van der Waals surface area (Å²) in [6.07, 6.45) is 19.7. The number of amides is 2. The number of alkyl halides is 1. The van der Waals surface area contributed by atoms with Crippen LogP contribution >= 0.6 is 22.6 Å². The first-order valence-corrected chi connectivity index (χ1v) is 20.2. The van der Waals surface area contributed by atoms with Crippen LogP contribution in [0.1, 0.15) is 125 Å². The van der Waals surface area contributed by atoms with Crippen LogP contribution < -0.4 is 5.32 Å². The van der Waals surface area contributed by atoms with Crippen molar-refractivity contribution in [3.63, 3.8) is 0 Å². The van der Waals surface area contributed by atoms with Crippen LogP contribution in [-0.2, 0) is 23.7 Å². The molecule has 0 saturated carbocycles. The monoisotopic (exact) mass is 786 g/mol. The van der Waals surface area contributed by atoms with Gasteiger partial charge in [0.1, 0.15) is 0 Å². The van der Waals surface area contributed by atoms with Crippen molar-refractivity contribution in [2.45, 2.75) is 159 Å². The Morgan fingerprint density at radius 1 is 1.08 bits per heavy atom. The zero-order valence-electron chi connectivity index (χ0n) is 31.1. The molecule has 0 bridgehead atoms. The average molecular weight is 787 g/mol. The van der Waals surface area contributed by atoms with Crippen LogP contribution in [0.4, 0.5) is 4.79 Å². The molecular weight excluding hydrogens is 719 g/mol. The maximum atomic E-state index is 12.6. The van der Waals surface area contributed by atoms with Crippen LogP contribution in [0.25, 0.3) is 0 Å². The maximum absolute atomic E-state index is 12.6. The number of hydrogen-bond acceptors (Lipinski definition) is 6. The third-order valence-corrected chi connectivity index (χ3v) is 11.9. The summed E-state index contributed by atoms with van der Waals surface area (Å²) >= 11 is 2.54. The molecule has 0 aromatic heterocycles. The molecule has 3 fully saturated rings. The molecule has 8 nitrogen and oxygen atoms in total. The summed E-state index contributed by atoms with van der Waals surface area (Å²) in [6, 6.07) is 0. The molecule has 276 valence electrons. The lowest BCUT2D eigenvalue weighted by Crippen LogP contribution is -2.41. The molecule has 48 heavy (non-hydrogen) atoms.